The third-order valence-electron chi connectivity index (χ3n) is 6.75. The van der Waals surface area contributed by atoms with Crippen LogP contribution in [0.15, 0.2) is 63.7 Å². The Morgan fingerprint density at radius 2 is 1.92 bits per heavy atom. The van der Waals surface area contributed by atoms with Crippen molar-refractivity contribution in [3.8, 4) is 11.5 Å². The molecule has 0 radical (unpaired) electrons. The maximum absolute atomic E-state index is 14.1. The predicted molar refractivity (Wildman–Crippen MR) is 134 cm³/mol. The lowest BCUT2D eigenvalue weighted by molar-refractivity contribution is -0.118. The molecule has 2 aliphatic heterocycles. The molecule has 0 amide bonds. The fourth-order valence-corrected chi connectivity index (χ4v) is 6.00. The van der Waals surface area contributed by atoms with Gasteiger partial charge in [0, 0.05) is 29.4 Å². The Balaban J connectivity index is 1.44. The van der Waals surface area contributed by atoms with Gasteiger partial charge in [-0.2, -0.15) is 0 Å². The second kappa shape index (κ2) is 8.51. The summed E-state index contributed by atoms with van der Waals surface area (Å²) in [4.78, 5) is 34.4. The Morgan fingerprint density at radius 3 is 2.75 bits per heavy atom. The van der Waals surface area contributed by atoms with Crippen LogP contribution >= 0.6 is 11.8 Å². The van der Waals surface area contributed by atoms with Crippen molar-refractivity contribution < 1.29 is 18.7 Å². The summed E-state index contributed by atoms with van der Waals surface area (Å²) in [5.41, 5.74) is 2.50. The topological polar surface area (TPSA) is 93.3 Å². The van der Waals surface area contributed by atoms with E-state index in [1.807, 2.05) is 12.1 Å². The summed E-state index contributed by atoms with van der Waals surface area (Å²) in [5.74, 6) is 1.07. The van der Waals surface area contributed by atoms with E-state index in [2.05, 4.69) is 24.1 Å². The zero-order valence-corrected chi connectivity index (χ0v) is 20.6. The highest BCUT2D eigenvalue weighted by atomic mass is 32.2. The van der Waals surface area contributed by atoms with E-state index >= 15 is 0 Å². The molecule has 0 saturated heterocycles. The number of halogens is 1. The van der Waals surface area contributed by atoms with Gasteiger partial charge in [0.2, 0.25) is 6.79 Å². The SMILES string of the molecule is CC1(C)CC(=O)C2=C(C1)Nc1nc(SCc3ccccc3F)[nH]c(=O)c1C2c1ccc2c(c1)OCO2. The van der Waals surface area contributed by atoms with Gasteiger partial charge in [-0.05, 0) is 41.2 Å². The number of ketones is 1. The number of carbonyl (C=O) groups is 1. The number of anilines is 1. The summed E-state index contributed by atoms with van der Waals surface area (Å²) < 4.78 is 25.1. The number of hydrogen-bond acceptors (Lipinski definition) is 7. The number of rotatable bonds is 4. The lowest BCUT2D eigenvalue weighted by Crippen LogP contribution is -2.37. The standard InChI is InChI=1S/C27H24FN3O4S/c1-27(2)10-17-22(18(32)11-27)21(14-7-8-19-20(9-14)35-13-34-19)23-24(29-17)30-26(31-25(23)33)36-12-15-5-3-4-6-16(15)28/h3-9,21H,10-13H2,1-2H3,(H2,29,30,31,33). The number of H-pyrrole nitrogens is 1. The minimum atomic E-state index is -0.587. The molecule has 0 spiro atoms. The minimum Gasteiger partial charge on any atom is -0.454 e. The Morgan fingerprint density at radius 1 is 1.11 bits per heavy atom. The fourth-order valence-electron chi connectivity index (χ4n) is 5.15. The van der Waals surface area contributed by atoms with Crippen molar-refractivity contribution in [1.29, 1.82) is 0 Å². The van der Waals surface area contributed by atoms with Crippen molar-refractivity contribution in [2.24, 2.45) is 5.41 Å². The zero-order chi connectivity index (χ0) is 25.0. The highest BCUT2D eigenvalue weighted by Crippen LogP contribution is 2.49. The average molecular weight is 506 g/mol. The van der Waals surface area contributed by atoms with Crippen LogP contribution in [0, 0.1) is 11.2 Å². The van der Waals surface area contributed by atoms with Gasteiger partial charge in [0.25, 0.3) is 5.56 Å². The molecule has 1 aliphatic carbocycles. The van der Waals surface area contributed by atoms with E-state index in [0.29, 0.717) is 57.8 Å². The monoisotopic (exact) mass is 505 g/mol. The predicted octanol–water partition coefficient (Wildman–Crippen LogP) is 5.13. The lowest BCUT2D eigenvalue weighted by atomic mass is 9.69. The summed E-state index contributed by atoms with van der Waals surface area (Å²) in [6, 6.07) is 12.0. The van der Waals surface area contributed by atoms with Crippen molar-refractivity contribution in [2.45, 2.75) is 43.5 Å². The van der Waals surface area contributed by atoms with Crippen LogP contribution in [-0.2, 0) is 10.5 Å². The minimum absolute atomic E-state index is 0.0134. The molecule has 2 N–H and O–H groups in total. The van der Waals surface area contributed by atoms with E-state index in [9.17, 15) is 14.0 Å². The summed E-state index contributed by atoms with van der Waals surface area (Å²) in [5, 5.41) is 3.69. The molecular formula is C27H24FN3O4S. The van der Waals surface area contributed by atoms with Gasteiger partial charge in [0.05, 0.1) is 5.56 Å². The first-order chi connectivity index (χ1) is 17.3. The molecule has 0 fully saturated rings. The van der Waals surface area contributed by atoms with Crippen molar-refractivity contribution in [2.75, 3.05) is 12.1 Å². The molecule has 3 aromatic rings. The van der Waals surface area contributed by atoms with Crippen LogP contribution in [0.3, 0.4) is 0 Å². The summed E-state index contributed by atoms with van der Waals surface area (Å²) in [6.45, 7) is 4.25. The first-order valence-corrected chi connectivity index (χ1v) is 12.7. The average Bonchev–Trinajstić information content (AvgIpc) is 3.29. The van der Waals surface area contributed by atoms with E-state index < -0.39 is 5.92 Å². The van der Waals surface area contributed by atoms with Crippen LogP contribution in [0.25, 0.3) is 0 Å². The van der Waals surface area contributed by atoms with Gasteiger partial charge >= 0.3 is 0 Å². The number of thioether (sulfide) groups is 1. The van der Waals surface area contributed by atoms with Gasteiger partial charge in [0.15, 0.2) is 22.4 Å². The maximum atomic E-state index is 14.1. The Labute approximate surface area is 211 Å². The molecule has 1 unspecified atom stereocenters. The van der Waals surface area contributed by atoms with E-state index in [4.69, 9.17) is 14.5 Å². The third-order valence-corrected chi connectivity index (χ3v) is 7.67. The normalized spacial score (nSPS) is 19.5. The van der Waals surface area contributed by atoms with E-state index in [1.165, 1.54) is 17.8 Å². The Kier molecular flexibility index (Phi) is 5.40. The van der Waals surface area contributed by atoms with E-state index in [0.717, 1.165) is 11.3 Å². The zero-order valence-electron chi connectivity index (χ0n) is 19.8. The molecular weight excluding hydrogens is 481 g/mol. The number of aromatic nitrogens is 2. The van der Waals surface area contributed by atoms with Gasteiger partial charge in [0.1, 0.15) is 11.6 Å². The second-order valence-electron chi connectivity index (χ2n) is 10.0. The van der Waals surface area contributed by atoms with E-state index in [-0.39, 0.29) is 29.4 Å². The lowest BCUT2D eigenvalue weighted by Gasteiger charge is -2.38. The quantitative estimate of drug-likeness (QED) is 0.375. The molecule has 0 saturated carbocycles. The van der Waals surface area contributed by atoms with E-state index in [1.54, 1.807) is 24.3 Å². The van der Waals surface area contributed by atoms with Gasteiger partial charge in [-0.15, -0.1) is 0 Å². The van der Waals surface area contributed by atoms with Crippen LogP contribution in [0.1, 0.15) is 49.3 Å². The number of Topliss-reactive ketones (excluding diaryl/α,β-unsaturated/α-hetero) is 1. The number of fused-ring (bicyclic) bond motifs is 2. The third kappa shape index (κ3) is 3.97. The molecule has 7 nitrogen and oxygen atoms in total. The number of aromatic amines is 1. The summed E-state index contributed by atoms with van der Waals surface area (Å²) >= 11 is 1.25. The van der Waals surface area contributed by atoms with Gasteiger partial charge in [-0.1, -0.05) is 49.9 Å². The Hall–Kier alpha value is -3.59. The number of hydrogen-bond donors (Lipinski definition) is 2. The molecule has 9 heteroatoms. The maximum Gasteiger partial charge on any atom is 0.257 e. The molecule has 1 aromatic heterocycles. The molecule has 3 heterocycles. The number of benzene rings is 2. The first-order valence-electron chi connectivity index (χ1n) is 11.7. The molecule has 1 atom stereocenters. The molecule has 2 aromatic carbocycles. The number of nitrogens with one attached hydrogen (secondary N) is 2. The van der Waals surface area contributed by atoms with Crippen LogP contribution < -0.4 is 20.3 Å². The van der Waals surface area contributed by atoms with Crippen molar-refractivity contribution in [3.05, 3.63) is 86.6 Å². The summed E-state index contributed by atoms with van der Waals surface area (Å²) in [6.07, 6.45) is 1.05. The number of nitrogens with zero attached hydrogens (tertiary/aromatic N) is 1. The number of allylic oxidation sites excluding steroid dienone is 2. The highest BCUT2D eigenvalue weighted by molar-refractivity contribution is 7.98. The largest absolute Gasteiger partial charge is 0.454 e. The van der Waals surface area contributed by atoms with Gasteiger partial charge < -0.3 is 19.8 Å². The van der Waals surface area contributed by atoms with Crippen molar-refractivity contribution in [1.82, 2.24) is 9.97 Å². The second-order valence-corrected chi connectivity index (χ2v) is 11.0. The van der Waals surface area contributed by atoms with Crippen LogP contribution in [0.2, 0.25) is 0 Å². The van der Waals surface area contributed by atoms with Crippen LogP contribution in [-0.4, -0.2) is 22.5 Å². The summed E-state index contributed by atoms with van der Waals surface area (Å²) in [7, 11) is 0. The van der Waals surface area contributed by atoms with Crippen molar-refractivity contribution in [3.63, 3.8) is 0 Å². The number of ether oxygens (including phenoxy) is 2. The molecule has 36 heavy (non-hydrogen) atoms. The molecule has 184 valence electrons. The number of carbonyl (C=O) groups excluding carboxylic acids is 1. The van der Waals surface area contributed by atoms with Crippen LogP contribution in [0.5, 0.6) is 11.5 Å². The molecule has 0 bridgehead atoms. The van der Waals surface area contributed by atoms with Gasteiger partial charge in [-0.3, -0.25) is 9.59 Å². The molecule has 3 aliphatic rings. The molecule has 6 rings (SSSR count). The highest BCUT2D eigenvalue weighted by Gasteiger charge is 2.42. The van der Waals surface area contributed by atoms with Crippen molar-refractivity contribution >= 4 is 23.4 Å². The van der Waals surface area contributed by atoms with Crippen LogP contribution in [0.4, 0.5) is 10.2 Å². The smallest absolute Gasteiger partial charge is 0.257 e. The van der Waals surface area contributed by atoms with Gasteiger partial charge in [-0.25, -0.2) is 9.37 Å². The Bertz CT molecular complexity index is 1500. The first kappa shape index (κ1) is 22.8. The fraction of sp³-hybridized carbons (Fsp3) is 0.296.